The van der Waals surface area contributed by atoms with E-state index in [2.05, 4.69) is 5.32 Å². The lowest BCUT2D eigenvalue weighted by molar-refractivity contribution is -0.118. The Bertz CT molecular complexity index is 346. The lowest BCUT2D eigenvalue weighted by Crippen LogP contribution is -2.16. The van der Waals surface area contributed by atoms with Gasteiger partial charge in [-0.15, -0.1) is 0 Å². The van der Waals surface area contributed by atoms with Crippen molar-refractivity contribution in [2.24, 2.45) is 5.73 Å². The molecule has 0 bridgehead atoms. The second kappa shape index (κ2) is 4.38. The van der Waals surface area contributed by atoms with Crippen molar-refractivity contribution in [1.29, 1.82) is 0 Å². The third-order valence-corrected chi connectivity index (χ3v) is 1.60. The van der Waals surface area contributed by atoms with E-state index in [-0.39, 0.29) is 0 Å². The van der Waals surface area contributed by atoms with Crippen LogP contribution >= 0.6 is 0 Å². The van der Waals surface area contributed by atoms with Crippen molar-refractivity contribution in [2.75, 3.05) is 11.9 Å². The molecule has 0 radical (unpaired) electrons. The summed E-state index contributed by atoms with van der Waals surface area (Å²) in [7, 11) is 0. The number of benzene rings is 1. The van der Waals surface area contributed by atoms with Crippen molar-refractivity contribution in [3.8, 4) is 0 Å². The van der Waals surface area contributed by atoms with Crippen molar-refractivity contribution < 1.29 is 14.7 Å². The fourth-order valence-electron chi connectivity index (χ4n) is 0.918. The second-order valence-corrected chi connectivity index (χ2v) is 2.65. The van der Waals surface area contributed by atoms with Gasteiger partial charge in [0.15, 0.2) is 0 Å². The van der Waals surface area contributed by atoms with Crippen molar-refractivity contribution in [3.05, 3.63) is 29.8 Å². The normalized spacial score (nSPS) is 9.50. The molecule has 4 N–H and O–H groups in total. The van der Waals surface area contributed by atoms with E-state index in [4.69, 9.17) is 10.8 Å². The highest BCUT2D eigenvalue weighted by molar-refractivity contribution is 5.95. The number of aliphatic hydroxyl groups is 1. The van der Waals surface area contributed by atoms with E-state index in [1.54, 1.807) is 0 Å². The molecule has 1 aromatic carbocycles. The molecule has 0 heterocycles. The van der Waals surface area contributed by atoms with Crippen LogP contribution in [0.1, 0.15) is 10.4 Å². The molecule has 0 spiro atoms. The molecule has 0 aliphatic carbocycles. The average molecular weight is 194 g/mol. The third-order valence-electron chi connectivity index (χ3n) is 1.60. The van der Waals surface area contributed by atoms with Crippen LogP contribution in [0.25, 0.3) is 0 Å². The van der Waals surface area contributed by atoms with Gasteiger partial charge in [-0.1, -0.05) is 0 Å². The summed E-state index contributed by atoms with van der Waals surface area (Å²) >= 11 is 0. The number of aliphatic hydroxyl groups excluding tert-OH is 1. The van der Waals surface area contributed by atoms with Crippen LogP contribution in [0.5, 0.6) is 0 Å². The van der Waals surface area contributed by atoms with Crippen molar-refractivity contribution in [3.63, 3.8) is 0 Å². The van der Waals surface area contributed by atoms with E-state index < -0.39 is 18.4 Å². The Labute approximate surface area is 80.5 Å². The molecule has 0 saturated heterocycles. The monoisotopic (exact) mass is 194 g/mol. The highest BCUT2D eigenvalue weighted by atomic mass is 16.3. The van der Waals surface area contributed by atoms with Gasteiger partial charge >= 0.3 is 0 Å². The van der Waals surface area contributed by atoms with E-state index in [0.717, 1.165) is 0 Å². The smallest absolute Gasteiger partial charge is 0.250 e. The van der Waals surface area contributed by atoms with E-state index in [0.29, 0.717) is 11.3 Å². The number of primary amides is 1. The molecule has 14 heavy (non-hydrogen) atoms. The quantitative estimate of drug-likeness (QED) is 0.617. The van der Waals surface area contributed by atoms with Gasteiger partial charge in [0, 0.05) is 11.3 Å². The molecular formula is C9H10N2O3. The highest BCUT2D eigenvalue weighted by Gasteiger charge is 2.01. The first-order valence-corrected chi connectivity index (χ1v) is 3.94. The first-order valence-electron chi connectivity index (χ1n) is 3.94. The highest BCUT2D eigenvalue weighted by Crippen LogP contribution is 2.08. The molecule has 0 atom stereocenters. The van der Waals surface area contributed by atoms with Crippen LogP contribution in [0.2, 0.25) is 0 Å². The van der Waals surface area contributed by atoms with Crippen molar-refractivity contribution >= 4 is 17.5 Å². The summed E-state index contributed by atoms with van der Waals surface area (Å²) < 4.78 is 0. The predicted molar refractivity (Wildman–Crippen MR) is 50.7 cm³/mol. The summed E-state index contributed by atoms with van der Waals surface area (Å²) in [6, 6.07) is 6.06. The van der Waals surface area contributed by atoms with Gasteiger partial charge in [-0.25, -0.2) is 0 Å². The Kier molecular flexibility index (Phi) is 3.19. The van der Waals surface area contributed by atoms with E-state index in [9.17, 15) is 9.59 Å². The summed E-state index contributed by atoms with van der Waals surface area (Å²) in [4.78, 5) is 21.4. The molecular weight excluding hydrogens is 184 g/mol. The molecule has 5 nitrogen and oxygen atoms in total. The number of hydrogen-bond acceptors (Lipinski definition) is 3. The Morgan fingerprint density at radius 3 is 2.29 bits per heavy atom. The molecule has 0 aliphatic heterocycles. The van der Waals surface area contributed by atoms with Gasteiger partial charge in [-0.05, 0) is 24.3 Å². The number of hydrogen-bond donors (Lipinski definition) is 3. The van der Waals surface area contributed by atoms with Gasteiger partial charge in [-0.3, -0.25) is 9.59 Å². The Hall–Kier alpha value is -1.88. The number of amides is 2. The SMILES string of the molecule is NC(=O)c1ccc(NC(=O)CO)cc1. The zero-order chi connectivity index (χ0) is 10.6. The van der Waals surface area contributed by atoms with E-state index in [1.165, 1.54) is 24.3 Å². The van der Waals surface area contributed by atoms with Gasteiger partial charge < -0.3 is 16.2 Å². The van der Waals surface area contributed by atoms with Crippen LogP contribution in [0, 0.1) is 0 Å². The van der Waals surface area contributed by atoms with Gasteiger partial charge in [0.25, 0.3) is 0 Å². The minimum atomic E-state index is -0.572. The van der Waals surface area contributed by atoms with Crippen molar-refractivity contribution in [1.82, 2.24) is 0 Å². The number of nitrogens with one attached hydrogen (secondary N) is 1. The molecule has 0 fully saturated rings. The standard InChI is InChI=1S/C9H10N2O3/c10-9(14)6-1-3-7(4-2-6)11-8(13)5-12/h1-4,12H,5H2,(H2,10,14)(H,11,13). The summed E-state index contributed by atoms with van der Waals surface area (Å²) in [6.07, 6.45) is 0. The summed E-state index contributed by atoms with van der Waals surface area (Å²) in [6.45, 7) is -0.572. The van der Waals surface area contributed by atoms with Crippen LogP contribution in [-0.4, -0.2) is 23.5 Å². The molecule has 1 aromatic rings. The molecule has 74 valence electrons. The number of nitrogens with two attached hydrogens (primary N) is 1. The zero-order valence-electron chi connectivity index (χ0n) is 7.36. The molecule has 5 heteroatoms. The fraction of sp³-hybridized carbons (Fsp3) is 0.111. The number of anilines is 1. The maximum Gasteiger partial charge on any atom is 0.250 e. The number of carbonyl (C=O) groups is 2. The summed E-state index contributed by atoms with van der Waals surface area (Å²) in [5.41, 5.74) is 5.90. The van der Waals surface area contributed by atoms with Crippen LogP contribution in [-0.2, 0) is 4.79 Å². The third kappa shape index (κ3) is 2.56. The van der Waals surface area contributed by atoms with Crippen LogP contribution in [0.4, 0.5) is 5.69 Å². The first-order chi connectivity index (χ1) is 6.63. The van der Waals surface area contributed by atoms with Gasteiger partial charge in [0.1, 0.15) is 6.61 Å². The van der Waals surface area contributed by atoms with Crippen LogP contribution in [0.15, 0.2) is 24.3 Å². The molecule has 0 unspecified atom stereocenters. The van der Waals surface area contributed by atoms with Crippen LogP contribution in [0.3, 0.4) is 0 Å². The Morgan fingerprint density at radius 2 is 1.86 bits per heavy atom. The lowest BCUT2D eigenvalue weighted by atomic mass is 10.2. The van der Waals surface area contributed by atoms with Crippen LogP contribution < -0.4 is 11.1 Å². The molecule has 0 aliphatic rings. The molecule has 0 saturated carbocycles. The van der Waals surface area contributed by atoms with Gasteiger partial charge in [0.2, 0.25) is 11.8 Å². The molecule has 0 aromatic heterocycles. The van der Waals surface area contributed by atoms with Crippen molar-refractivity contribution in [2.45, 2.75) is 0 Å². The average Bonchev–Trinajstić information content (AvgIpc) is 2.18. The topological polar surface area (TPSA) is 92.4 Å². The maximum absolute atomic E-state index is 10.7. The summed E-state index contributed by atoms with van der Waals surface area (Å²) in [5, 5.41) is 10.9. The molecule has 2 amide bonds. The minimum Gasteiger partial charge on any atom is -0.387 e. The summed E-state index contributed by atoms with van der Waals surface area (Å²) in [5.74, 6) is -1.03. The maximum atomic E-state index is 10.7. The Morgan fingerprint density at radius 1 is 1.29 bits per heavy atom. The largest absolute Gasteiger partial charge is 0.387 e. The lowest BCUT2D eigenvalue weighted by Gasteiger charge is -2.02. The Balaban J connectivity index is 2.73. The zero-order valence-corrected chi connectivity index (χ0v) is 7.36. The van der Waals surface area contributed by atoms with Gasteiger partial charge in [0.05, 0.1) is 0 Å². The predicted octanol–water partition coefficient (Wildman–Crippen LogP) is -0.284. The fourth-order valence-corrected chi connectivity index (χ4v) is 0.918. The second-order valence-electron chi connectivity index (χ2n) is 2.65. The first kappa shape index (κ1) is 10.2. The molecule has 1 rings (SSSR count). The number of rotatable bonds is 3. The number of carbonyl (C=O) groups excluding carboxylic acids is 2. The minimum absolute atomic E-state index is 0.368. The van der Waals surface area contributed by atoms with E-state index in [1.807, 2.05) is 0 Å². The van der Waals surface area contributed by atoms with E-state index >= 15 is 0 Å². The van der Waals surface area contributed by atoms with Gasteiger partial charge in [-0.2, -0.15) is 0 Å².